The summed E-state index contributed by atoms with van der Waals surface area (Å²) in [4.78, 5) is 25.6. The van der Waals surface area contributed by atoms with Crippen molar-refractivity contribution in [1.82, 2.24) is 5.32 Å². The molecular formula is C20H25NO3S. The Balaban J connectivity index is 1.87. The zero-order valence-electron chi connectivity index (χ0n) is 15.0. The van der Waals surface area contributed by atoms with E-state index in [1.54, 1.807) is 35.6 Å². The SMILES string of the molecule is CCOc1ccc(C(=O)CCC(=O)N[C@H](c2cccs2)C(C)C)cc1. The molecule has 2 rings (SSSR count). The molecule has 25 heavy (non-hydrogen) atoms. The van der Waals surface area contributed by atoms with Crippen molar-refractivity contribution in [3.63, 3.8) is 0 Å². The fourth-order valence-electron chi connectivity index (χ4n) is 2.56. The van der Waals surface area contributed by atoms with Crippen LogP contribution in [-0.2, 0) is 4.79 Å². The highest BCUT2D eigenvalue weighted by Crippen LogP contribution is 2.26. The molecule has 0 aliphatic rings. The average molecular weight is 359 g/mol. The van der Waals surface area contributed by atoms with Crippen LogP contribution in [0, 0.1) is 5.92 Å². The second-order valence-electron chi connectivity index (χ2n) is 6.19. The van der Waals surface area contributed by atoms with Crippen LogP contribution < -0.4 is 10.1 Å². The van der Waals surface area contributed by atoms with E-state index in [-0.39, 0.29) is 30.6 Å². The maximum absolute atomic E-state index is 12.2. The number of Topliss-reactive ketones (excluding diaryl/α,β-unsaturated/α-hetero) is 1. The summed E-state index contributed by atoms with van der Waals surface area (Å²) < 4.78 is 5.37. The van der Waals surface area contributed by atoms with Gasteiger partial charge in [0, 0.05) is 23.3 Å². The highest BCUT2D eigenvalue weighted by molar-refractivity contribution is 7.10. The molecule has 1 aromatic carbocycles. The van der Waals surface area contributed by atoms with Gasteiger partial charge < -0.3 is 10.1 Å². The standard InChI is InChI=1S/C20H25NO3S/c1-4-24-16-9-7-15(8-10-16)17(22)11-12-19(23)21-20(14(2)3)18-6-5-13-25-18/h5-10,13-14,20H,4,11-12H2,1-3H3,(H,21,23)/t20-/m0/s1. The van der Waals surface area contributed by atoms with E-state index in [1.165, 1.54) is 0 Å². The van der Waals surface area contributed by atoms with Crippen molar-refractivity contribution in [3.05, 3.63) is 52.2 Å². The van der Waals surface area contributed by atoms with Crippen molar-refractivity contribution in [3.8, 4) is 5.75 Å². The van der Waals surface area contributed by atoms with Gasteiger partial charge in [0.1, 0.15) is 5.75 Å². The minimum absolute atomic E-state index is 0.00641. The smallest absolute Gasteiger partial charge is 0.220 e. The maximum atomic E-state index is 12.2. The summed E-state index contributed by atoms with van der Waals surface area (Å²) in [6.07, 6.45) is 0.399. The van der Waals surface area contributed by atoms with E-state index < -0.39 is 0 Å². The Morgan fingerprint density at radius 2 is 1.84 bits per heavy atom. The van der Waals surface area contributed by atoms with E-state index in [4.69, 9.17) is 4.74 Å². The summed E-state index contributed by atoms with van der Waals surface area (Å²) in [7, 11) is 0. The number of ether oxygens (including phenoxy) is 1. The van der Waals surface area contributed by atoms with E-state index in [9.17, 15) is 9.59 Å². The van der Waals surface area contributed by atoms with Gasteiger partial charge in [-0.15, -0.1) is 11.3 Å². The van der Waals surface area contributed by atoms with Gasteiger partial charge in [-0.05, 0) is 48.6 Å². The van der Waals surface area contributed by atoms with E-state index in [2.05, 4.69) is 19.2 Å². The number of ketones is 1. The second kappa shape index (κ2) is 9.37. The first-order valence-electron chi connectivity index (χ1n) is 8.60. The Labute approximate surface area is 153 Å². The van der Waals surface area contributed by atoms with Crippen LogP contribution in [0.15, 0.2) is 41.8 Å². The Hall–Kier alpha value is -2.14. The Kier molecular flexibility index (Phi) is 7.19. The largest absolute Gasteiger partial charge is 0.494 e. The third-order valence-corrected chi connectivity index (χ3v) is 4.85. The van der Waals surface area contributed by atoms with Crippen LogP contribution in [0.5, 0.6) is 5.75 Å². The van der Waals surface area contributed by atoms with E-state index >= 15 is 0 Å². The number of hydrogen-bond donors (Lipinski definition) is 1. The molecular weight excluding hydrogens is 334 g/mol. The molecule has 1 amide bonds. The molecule has 1 heterocycles. The van der Waals surface area contributed by atoms with Gasteiger partial charge in [-0.2, -0.15) is 0 Å². The second-order valence-corrected chi connectivity index (χ2v) is 7.16. The lowest BCUT2D eigenvalue weighted by molar-refractivity contribution is -0.122. The first-order valence-corrected chi connectivity index (χ1v) is 9.48. The van der Waals surface area contributed by atoms with Crippen molar-refractivity contribution in [2.24, 2.45) is 5.92 Å². The summed E-state index contributed by atoms with van der Waals surface area (Å²) in [5, 5.41) is 5.06. The number of benzene rings is 1. The van der Waals surface area contributed by atoms with E-state index in [0.717, 1.165) is 10.6 Å². The van der Waals surface area contributed by atoms with Gasteiger partial charge in [0.15, 0.2) is 5.78 Å². The van der Waals surface area contributed by atoms with Crippen LogP contribution >= 0.6 is 11.3 Å². The van der Waals surface area contributed by atoms with E-state index in [1.807, 2.05) is 24.4 Å². The summed E-state index contributed by atoms with van der Waals surface area (Å²) >= 11 is 1.63. The maximum Gasteiger partial charge on any atom is 0.220 e. The molecule has 1 aromatic heterocycles. The number of thiophene rings is 1. The van der Waals surface area contributed by atoms with Gasteiger partial charge in [0.2, 0.25) is 5.91 Å². The zero-order chi connectivity index (χ0) is 18.2. The molecule has 0 aliphatic heterocycles. The molecule has 1 N–H and O–H groups in total. The summed E-state index contributed by atoms with van der Waals surface area (Å²) in [6, 6.07) is 11.1. The van der Waals surface area contributed by atoms with Crippen LogP contribution in [-0.4, -0.2) is 18.3 Å². The topological polar surface area (TPSA) is 55.4 Å². The fourth-order valence-corrected chi connectivity index (χ4v) is 3.50. The van der Waals surface area contributed by atoms with Crippen molar-refractivity contribution < 1.29 is 14.3 Å². The fraction of sp³-hybridized carbons (Fsp3) is 0.400. The molecule has 0 saturated heterocycles. The molecule has 0 bridgehead atoms. The Morgan fingerprint density at radius 3 is 2.40 bits per heavy atom. The summed E-state index contributed by atoms with van der Waals surface area (Å²) in [5.74, 6) is 0.915. The normalized spacial score (nSPS) is 12.0. The number of rotatable bonds is 9. The summed E-state index contributed by atoms with van der Waals surface area (Å²) in [5.41, 5.74) is 0.606. The molecule has 2 aromatic rings. The molecule has 4 nitrogen and oxygen atoms in total. The van der Waals surface area contributed by atoms with Crippen LogP contribution in [0.3, 0.4) is 0 Å². The predicted molar refractivity (Wildman–Crippen MR) is 101 cm³/mol. The first-order chi connectivity index (χ1) is 12.0. The Morgan fingerprint density at radius 1 is 1.12 bits per heavy atom. The molecule has 0 fully saturated rings. The van der Waals surface area contributed by atoms with Crippen LogP contribution in [0.2, 0.25) is 0 Å². The lowest BCUT2D eigenvalue weighted by Crippen LogP contribution is -2.31. The Bertz CT molecular complexity index is 677. The lowest BCUT2D eigenvalue weighted by atomic mass is 10.0. The van der Waals surface area contributed by atoms with Gasteiger partial charge in [0.05, 0.1) is 12.6 Å². The molecule has 0 saturated carbocycles. The number of amides is 1. The molecule has 1 atom stereocenters. The minimum Gasteiger partial charge on any atom is -0.494 e. The van der Waals surface area contributed by atoms with Crippen LogP contribution in [0.25, 0.3) is 0 Å². The van der Waals surface area contributed by atoms with Crippen LogP contribution in [0.1, 0.15) is 54.9 Å². The van der Waals surface area contributed by atoms with Gasteiger partial charge in [-0.25, -0.2) is 0 Å². The van der Waals surface area contributed by atoms with Crippen molar-refractivity contribution in [1.29, 1.82) is 0 Å². The highest BCUT2D eigenvalue weighted by atomic mass is 32.1. The van der Waals surface area contributed by atoms with Crippen molar-refractivity contribution >= 4 is 23.0 Å². The van der Waals surface area contributed by atoms with Gasteiger partial charge in [-0.1, -0.05) is 19.9 Å². The average Bonchev–Trinajstić information content (AvgIpc) is 3.12. The number of hydrogen-bond acceptors (Lipinski definition) is 4. The third kappa shape index (κ3) is 5.71. The summed E-state index contributed by atoms with van der Waals surface area (Å²) in [6.45, 7) is 6.67. The van der Waals surface area contributed by atoms with Gasteiger partial charge >= 0.3 is 0 Å². The third-order valence-electron chi connectivity index (χ3n) is 3.90. The molecule has 0 unspecified atom stereocenters. The lowest BCUT2D eigenvalue weighted by Gasteiger charge is -2.21. The van der Waals surface area contributed by atoms with Gasteiger partial charge in [-0.3, -0.25) is 9.59 Å². The number of carbonyl (C=O) groups excluding carboxylic acids is 2. The predicted octanol–water partition coefficient (Wildman–Crippen LogP) is 4.62. The quantitative estimate of drug-likeness (QED) is 0.665. The number of nitrogens with one attached hydrogen (secondary N) is 1. The number of carbonyl (C=O) groups is 2. The van der Waals surface area contributed by atoms with Crippen LogP contribution in [0.4, 0.5) is 0 Å². The molecule has 0 radical (unpaired) electrons. The molecule has 134 valence electrons. The first kappa shape index (κ1) is 19.2. The highest BCUT2D eigenvalue weighted by Gasteiger charge is 2.19. The molecule has 5 heteroatoms. The zero-order valence-corrected chi connectivity index (χ0v) is 15.8. The monoisotopic (exact) mass is 359 g/mol. The molecule has 0 spiro atoms. The van der Waals surface area contributed by atoms with Gasteiger partial charge in [0.25, 0.3) is 0 Å². The van der Waals surface area contributed by atoms with Crippen molar-refractivity contribution in [2.45, 2.75) is 39.7 Å². The van der Waals surface area contributed by atoms with Crippen molar-refractivity contribution in [2.75, 3.05) is 6.61 Å². The molecule has 0 aliphatic carbocycles. The van der Waals surface area contributed by atoms with E-state index in [0.29, 0.717) is 18.1 Å². The minimum atomic E-state index is -0.0913.